The molecule has 1 saturated heterocycles. The first-order valence-electron chi connectivity index (χ1n) is 10.3. The largest absolute Gasteiger partial charge is 0.454 e. The van der Waals surface area contributed by atoms with Crippen LogP contribution in [0.25, 0.3) is 11.3 Å². The molecule has 2 atom stereocenters. The van der Waals surface area contributed by atoms with Gasteiger partial charge in [0.15, 0.2) is 11.5 Å². The minimum atomic E-state index is -0.348. The van der Waals surface area contributed by atoms with Crippen LogP contribution in [-0.4, -0.2) is 41.0 Å². The van der Waals surface area contributed by atoms with Crippen molar-refractivity contribution in [3.8, 4) is 22.8 Å². The smallest absolute Gasteiger partial charge is 0.231 e. The second-order valence-corrected chi connectivity index (χ2v) is 8.71. The highest BCUT2D eigenvalue weighted by Gasteiger charge is 2.55. The molecule has 8 heteroatoms. The topological polar surface area (TPSA) is 59.5 Å². The first-order valence-corrected chi connectivity index (χ1v) is 10.7. The Morgan fingerprint density at radius 3 is 2.65 bits per heavy atom. The highest BCUT2D eigenvalue weighted by Crippen LogP contribution is 2.47. The highest BCUT2D eigenvalue weighted by molar-refractivity contribution is 6.33. The number of hydrogen-bond acceptors (Lipinski definition) is 6. The molecule has 3 heterocycles. The summed E-state index contributed by atoms with van der Waals surface area (Å²) < 4.78 is 24.4. The molecule has 1 aliphatic carbocycles. The van der Waals surface area contributed by atoms with Gasteiger partial charge in [0.25, 0.3) is 0 Å². The van der Waals surface area contributed by atoms with Crippen LogP contribution < -0.4 is 14.8 Å². The Morgan fingerprint density at radius 2 is 1.84 bits per heavy atom. The Labute approximate surface area is 183 Å². The molecule has 31 heavy (non-hydrogen) atoms. The Morgan fingerprint density at radius 1 is 1.00 bits per heavy atom. The lowest BCUT2D eigenvalue weighted by Crippen LogP contribution is -2.27. The number of ether oxygens (including phenoxy) is 2. The van der Waals surface area contributed by atoms with Crippen LogP contribution in [0.15, 0.2) is 48.5 Å². The summed E-state index contributed by atoms with van der Waals surface area (Å²) in [6.45, 7) is 3.33. The summed E-state index contributed by atoms with van der Waals surface area (Å²) in [5.74, 6) is 3.28. The van der Waals surface area contributed by atoms with Crippen LogP contribution in [0, 0.1) is 17.7 Å². The lowest BCUT2D eigenvalue weighted by molar-refractivity contribution is 0.174. The van der Waals surface area contributed by atoms with Crippen LogP contribution in [0.4, 0.5) is 10.2 Å². The average molecular weight is 439 g/mol. The van der Waals surface area contributed by atoms with Gasteiger partial charge < -0.3 is 14.8 Å². The van der Waals surface area contributed by atoms with Crippen LogP contribution in [0.3, 0.4) is 0 Å². The monoisotopic (exact) mass is 438 g/mol. The zero-order chi connectivity index (χ0) is 20.9. The lowest BCUT2D eigenvalue weighted by atomic mass is 10.1. The third-order valence-corrected chi connectivity index (χ3v) is 6.63. The maximum Gasteiger partial charge on any atom is 0.231 e. The molecule has 6 rings (SSSR count). The molecule has 0 bridgehead atoms. The van der Waals surface area contributed by atoms with Crippen molar-refractivity contribution in [2.24, 2.45) is 11.8 Å². The molecule has 0 radical (unpaired) electrons. The third kappa shape index (κ3) is 3.58. The SMILES string of the molecule is Fc1ccc(Cl)c(-c2ccc(NC3C4CN(Cc5ccc6c(c5)OCO6)CC43)nn2)c1. The van der Waals surface area contributed by atoms with E-state index in [1.807, 2.05) is 18.2 Å². The molecule has 1 aromatic heterocycles. The van der Waals surface area contributed by atoms with Crippen molar-refractivity contribution in [2.75, 3.05) is 25.2 Å². The fourth-order valence-corrected chi connectivity index (χ4v) is 4.89. The molecule has 6 nitrogen and oxygen atoms in total. The summed E-state index contributed by atoms with van der Waals surface area (Å²) in [4.78, 5) is 2.48. The molecule has 2 unspecified atom stereocenters. The van der Waals surface area contributed by atoms with Crippen molar-refractivity contribution in [1.29, 1.82) is 0 Å². The second kappa shape index (κ2) is 7.35. The van der Waals surface area contributed by atoms with Crippen LogP contribution in [0.1, 0.15) is 5.56 Å². The van der Waals surface area contributed by atoms with Crippen molar-refractivity contribution in [2.45, 2.75) is 12.6 Å². The number of nitrogens with zero attached hydrogens (tertiary/aromatic N) is 3. The van der Waals surface area contributed by atoms with Gasteiger partial charge in [-0.25, -0.2) is 4.39 Å². The molecule has 0 spiro atoms. The van der Waals surface area contributed by atoms with Crippen LogP contribution >= 0.6 is 11.6 Å². The van der Waals surface area contributed by atoms with Gasteiger partial charge in [-0.15, -0.1) is 10.2 Å². The van der Waals surface area contributed by atoms with E-state index in [0.29, 0.717) is 41.0 Å². The number of piperidine rings is 1. The Balaban J connectivity index is 1.05. The number of fused-ring (bicyclic) bond motifs is 2. The van der Waals surface area contributed by atoms with Gasteiger partial charge in [-0.2, -0.15) is 0 Å². The number of nitrogens with one attached hydrogen (secondary N) is 1. The van der Waals surface area contributed by atoms with E-state index < -0.39 is 0 Å². The number of likely N-dealkylation sites (tertiary alicyclic amines) is 1. The van der Waals surface area contributed by atoms with E-state index in [2.05, 4.69) is 32.5 Å². The van der Waals surface area contributed by atoms with Crippen molar-refractivity contribution in [1.82, 2.24) is 15.1 Å². The van der Waals surface area contributed by atoms with E-state index in [1.54, 1.807) is 0 Å². The molecular weight excluding hydrogens is 419 g/mol. The summed E-state index contributed by atoms with van der Waals surface area (Å²) in [6, 6.07) is 14.5. The van der Waals surface area contributed by atoms with Crippen LogP contribution in [0.2, 0.25) is 5.02 Å². The zero-order valence-electron chi connectivity index (χ0n) is 16.6. The minimum absolute atomic E-state index is 0.305. The second-order valence-electron chi connectivity index (χ2n) is 8.31. The predicted molar refractivity (Wildman–Crippen MR) is 115 cm³/mol. The van der Waals surface area contributed by atoms with E-state index in [4.69, 9.17) is 21.1 Å². The normalized spacial score (nSPS) is 23.6. The molecule has 2 fully saturated rings. The average Bonchev–Trinajstić information content (AvgIpc) is 3.14. The van der Waals surface area contributed by atoms with Gasteiger partial charge in [-0.05, 0) is 59.9 Å². The maximum atomic E-state index is 13.5. The number of halogens is 2. The fraction of sp³-hybridized carbons (Fsp3) is 0.304. The molecule has 1 saturated carbocycles. The van der Waals surface area contributed by atoms with Gasteiger partial charge in [0, 0.05) is 31.2 Å². The summed E-state index contributed by atoms with van der Waals surface area (Å²) in [6.07, 6.45) is 0. The third-order valence-electron chi connectivity index (χ3n) is 6.30. The first-order chi connectivity index (χ1) is 15.1. The van der Waals surface area contributed by atoms with Crippen LogP contribution in [-0.2, 0) is 6.54 Å². The van der Waals surface area contributed by atoms with Gasteiger partial charge in [-0.3, -0.25) is 4.90 Å². The minimum Gasteiger partial charge on any atom is -0.454 e. The van der Waals surface area contributed by atoms with Gasteiger partial charge >= 0.3 is 0 Å². The van der Waals surface area contributed by atoms with E-state index in [1.165, 1.54) is 23.8 Å². The van der Waals surface area contributed by atoms with Crippen molar-refractivity contribution in [3.63, 3.8) is 0 Å². The molecule has 1 N–H and O–H groups in total. The van der Waals surface area contributed by atoms with E-state index in [0.717, 1.165) is 37.0 Å². The van der Waals surface area contributed by atoms with Crippen molar-refractivity contribution < 1.29 is 13.9 Å². The summed E-state index contributed by atoms with van der Waals surface area (Å²) in [5, 5.41) is 12.5. The highest BCUT2D eigenvalue weighted by atomic mass is 35.5. The predicted octanol–water partition coefficient (Wildman–Crippen LogP) is 4.21. The van der Waals surface area contributed by atoms with Gasteiger partial charge in [0.05, 0.1) is 10.7 Å². The molecule has 2 aliphatic heterocycles. The molecule has 158 valence electrons. The molecular formula is C23H20ClFN4O2. The van der Waals surface area contributed by atoms with E-state index in [9.17, 15) is 4.39 Å². The Hall–Kier alpha value is -2.90. The van der Waals surface area contributed by atoms with Crippen LogP contribution in [0.5, 0.6) is 11.5 Å². The molecule has 0 amide bonds. The van der Waals surface area contributed by atoms with E-state index in [-0.39, 0.29) is 5.82 Å². The lowest BCUT2D eigenvalue weighted by Gasteiger charge is -2.20. The summed E-state index contributed by atoms with van der Waals surface area (Å²) in [7, 11) is 0. The van der Waals surface area contributed by atoms with E-state index >= 15 is 0 Å². The van der Waals surface area contributed by atoms with Crippen molar-refractivity contribution >= 4 is 17.4 Å². The van der Waals surface area contributed by atoms with Gasteiger partial charge in [-0.1, -0.05) is 17.7 Å². The van der Waals surface area contributed by atoms with Gasteiger partial charge in [0.1, 0.15) is 11.6 Å². The first kappa shape index (κ1) is 18.8. The molecule has 3 aliphatic rings. The number of benzene rings is 2. The molecule has 3 aromatic rings. The quantitative estimate of drug-likeness (QED) is 0.644. The Kier molecular flexibility index (Phi) is 4.47. The number of hydrogen-bond donors (Lipinski definition) is 1. The maximum absolute atomic E-state index is 13.5. The standard InChI is InChI=1S/C23H20ClFN4O2/c24-18-3-2-14(25)8-15(18)19-4-6-22(28-27-19)26-23-16-10-29(11-17(16)23)9-13-1-5-20-21(7-13)31-12-30-20/h1-8,16-17,23H,9-12H2,(H,26,28). The molecule has 2 aromatic carbocycles. The Bertz CT molecular complexity index is 1130. The number of aromatic nitrogens is 2. The number of anilines is 1. The number of rotatable bonds is 5. The zero-order valence-corrected chi connectivity index (χ0v) is 17.3. The van der Waals surface area contributed by atoms with Gasteiger partial charge in [0.2, 0.25) is 6.79 Å². The fourth-order valence-electron chi connectivity index (χ4n) is 4.67. The van der Waals surface area contributed by atoms with Crippen molar-refractivity contribution in [3.05, 3.63) is 64.9 Å². The summed E-state index contributed by atoms with van der Waals surface area (Å²) >= 11 is 6.16. The summed E-state index contributed by atoms with van der Waals surface area (Å²) in [5.41, 5.74) is 2.34.